The molecule has 2 heterocycles. The van der Waals surface area contributed by atoms with Crippen LogP contribution in [-0.2, 0) is 25.9 Å². The molecule has 21 heavy (non-hydrogen) atoms. The predicted molar refractivity (Wildman–Crippen MR) is 89.0 cm³/mol. The zero-order chi connectivity index (χ0) is 14.7. The van der Waals surface area contributed by atoms with Crippen molar-refractivity contribution in [3.05, 3.63) is 43.3 Å². The second-order valence-electron chi connectivity index (χ2n) is 5.49. The van der Waals surface area contributed by atoms with Gasteiger partial charge < -0.3 is 11.1 Å². The van der Waals surface area contributed by atoms with Crippen LogP contribution in [0.25, 0.3) is 0 Å². The standard InChI is InChI=1S/C16H20N2OS2/c17-16(19)12-7-13(20-10-12)8-18-9-14-6-11-4-2-1-3-5-15(11)21-14/h6-7,10,18H,1-5,8-9H2,(H2,17,19). The predicted octanol–water partition coefficient (Wildman–Crippen LogP) is 3.47. The van der Waals surface area contributed by atoms with Gasteiger partial charge in [0.2, 0.25) is 5.91 Å². The minimum absolute atomic E-state index is 0.348. The normalized spacial score (nSPS) is 14.7. The molecule has 3 rings (SSSR count). The maximum absolute atomic E-state index is 11.1. The maximum Gasteiger partial charge on any atom is 0.249 e. The number of carbonyl (C=O) groups is 1. The molecule has 0 saturated carbocycles. The molecule has 3 nitrogen and oxygen atoms in total. The number of thiophene rings is 2. The summed E-state index contributed by atoms with van der Waals surface area (Å²) < 4.78 is 0. The first-order valence-corrected chi connectivity index (χ1v) is 9.10. The van der Waals surface area contributed by atoms with Crippen LogP contribution in [-0.4, -0.2) is 5.91 Å². The molecule has 2 aromatic rings. The summed E-state index contributed by atoms with van der Waals surface area (Å²) in [6.45, 7) is 1.70. The third-order valence-electron chi connectivity index (χ3n) is 3.83. The first-order valence-electron chi connectivity index (χ1n) is 7.41. The Morgan fingerprint density at radius 2 is 1.95 bits per heavy atom. The second kappa shape index (κ2) is 6.73. The molecule has 0 saturated heterocycles. The van der Waals surface area contributed by atoms with Gasteiger partial charge in [-0.25, -0.2) is 0 Å². The van der Waals surface area contributed by atoms with Crippen LogP contribution < -0.4 is 11.1 Å². The monoisotopic (exact) mass is 320 g/mol. The molecule has 5 heteroatoms. The van der Waals surface area contributed by atoms with Crippen LogP contribution in [0.5, 0.6) is 0 Å². The largest absolute Gasteiger partial charge is 0.366 e. The number of nitrogens with one attached hydrogen (secondary N) is 1. The number of fused-ring (bicyclic) bond motifs is 1. The topological polar surface area (TPSA) is 55.1 Å². The van der Waals surface area contributed by atoms with Crippen molar-refractivity contribution in [3.8, 4) is 0 Å². The summed E-state index contributed by atoms with van der Waals surface area (Å²) in [4.78, 5) is 15.2. The van der Waals surface area contributed by atoms with E-state index in [4.69, 9.17) is 5.73 Å². The van der Waals surface area contributed by atoms with Gasteiger partial charge in [0.25, 0.3) is 0 Å². The summed E-state index contributed by atoms with van der Waals surface area (Å²) in [6.07, 6.45) is 6.55. The molecule has 0 aromatic carbocycles. The molecule has 0 spiro atoms. The van der Waals surface area contributed by atoms with Gasteiger partial charge in [-0.3, -0.25) is 4.79 Å². The van der Waals surface area contributed by atoms with Gasteiger partial charge in [-0.2, -0.15) is 0 Å². The second-order valence-corrected chi connectivity index (χ2v) is 7.71. The molecule has 1 aliphatic carbocycles. The molecule has 0 radical (unpaired) electrons. The smallest absolute Gasteiger partial charge is 0.249 e. The first kappa shape index (κ1) is 14.8. The van der Waals surface area contributed by atoms with E-state index in [-0.39, 0.29) is 5.91 Å². The Balaban J connectivity index is 1.54. The Morgan fingerprint density at radius 3 is 2.76 bits per heavy atom. The first-order chi connectivity index (χ1) is 10.2. The Kier molecular flexibility index (Phi) is 4.73. The average molecular weight is 320 g/mol. The SMILES string of the molecule is NC(=O)c1csc(CNCc2cc3c(s2)CCCCC3)c1. The zero-order valence-electron chi connectivity index (χ0n) is 12.0. The Bertz CT molecular complexity index is 607. The average Bonchev–Trinajstić information content (AvgIpc) is 3.02. The summed E-state index contributed by atoms with van der Waals surface area (Å²) in [5, 5.41) is 5.29. The van der Waals surface area contributed by atoms with Crippen molar-refractivity contribution in [2.75, 3.05) is 0 Å². The number of amides is 1. The summed E-state index contributed by atoms with van der Waals surface area (Å²) in [7, 11) is 0. The van der Waals surface area contributed by atoms with E-state index in [2.05, 4.69) is 11.4 Å². The van der Waals surface area contributed by atoms with Crippen LogP contribution in [0.15, 0.2) is 17.5 Å². The number of nitrogens with two attached hydrogens (primary N) is 1. The van der Waals surface area contributed by atoms with E-state index in [0.29, 0.717) is 5.56 Å². The molecule has 1 amide bonds. The molecular formula is C16H20N2OS2. The molecule has 2 aromatic heterocycles. The summed E-state index contributed by atoms with van der Waals surface area (Å²) >= 11 is 3.54. The fourth-order valence-electron chi connectivity index (χ4n) is 2.73. The fraction of sp³-hybridized carbons (Fsp3) is 0.438. The van der Waals surface area contributed by atoms with E-state index in [9.17, 15) is 4.79 Å². The van der Waals surface area contributed by atoms with Crippen LogP contribution >= 0.6 is 22.7 Å². The lowest BCUT2D eigenvalue weighted by Gasteiger charge is -2.00. The molecule has 0 aliphatic heterocycles. The molecule has 1 aliphatic rings. The van der Waals surface area contributed by atoms with Gasteiger partial charge in [0, 0.05) is 33.1 Å². The van der Waals surface area contributed by atoms with Crippen molar-refractivity contribution in [1.82, 2.24) is 5.32 Å². The lowest BCUT2D eigenvalue weighted by Crippen LogP contribution is -2.11. The van der Waals surface area contributed by atoms with E-state index in [1.807, 2.05) is 22.8 Å². The number of primary amides is 1. The van der Waals surface area contributed by atoms with Gasteiger partial charge in [-0.05, 0) is 43.4 Å². The highest BCUT2D eigenvalue weighted by Gasteiger charge is 2.12. The molecular weight excluding hydrogens is 300 g/mol. The number of hydrogen-bond donors (Lipinski definition) is 2. The van der Waals surface area contributed by atoms with E-state index in [1.165, 1.54) is 37.0 Å². The highest BCUT2D eigenvalue weighted by atomic mass is 32.1. The van der Waals surface area contributed by atoms with Crippen molar-refractivity contribution in [1.29, 1.82) is 0 Å². The van der Waals surface area contributed by atoms with Crippen molar-refractivity contribution in [2.24, 2.45) is 5.73 Å². The maximum atomic E-state index is 11.1. The number of rotatable bonds is 5. The van der Waals surface area contributed by atoms with E-state index in [0.717, 1.165) is 18.0 Å². The van der Waals surface area contributed by atoms with Crippen molar-refractivity contribution < 1.29 is 4.79 Å². The van der Waals surface area contributed by atoms with Gasteiger partial charge >= 0.3 is 0 Å². The van der Waals surface area contributed by atoms with Crippen LogP contribution in [0.2, 0.25) is 0 Å². The Morgan fingerprint density at radius 1 is 1.14 bits per heavy atom. The molecule has 0 unspecified atom stereocenters. The van der Waals surface area contributed by atoms with Gasteiger partial charge in [0.15, 0.2) is 0 Å². The van der Waals surface area contributed by atoms with Gasteiger partial charge in [-0.1, -0.05) is 6.42 Å². The number of aryl methyl sites for hydroxylation is 2. The molecule has 112 valence electrons. The minimum atomic E-state index is -0.348. The summed E-state index contributed by atoms with van der Waals surface area (Å²) in [6, 6.07) is 4.26. The molecule has 3 N–H and O–H groups in total. The molecule has 0 atom stereocenters. The molecule has 0 bridgehead atoms. The summed E-state index contributed by atoms with van der Waals surface area (Å²) in [5.41, 5.74) is 7.45. The van der Waals surface area contributed by atoms with E-state index >= 15 is 0 Å². The van der Waals surface area contributed by atoms with Gasteiger partial charge in [0.1, 0.15) is 0 Å². The highest BCUT2D eigenvalue weighted by Crippen LogP contribution is 2.29. The Labute approximate surface area is 133 Å². The van der Waals surface area contributed by atoms with Crippen LogP contribution in [0.1, 0.15) is 49.8 Å². The quantitative estimate of drug-likeness (QED) is 0.829. The lowest BCUT2D eigenvalue weighted by atomic mass is 10.1. The molecule has 0 fully saturated rings. The third kappa shape index (κ3) is 3.73. The zero-order valence-corrected chi connectivity index (χ0v) is 13.6. The Hall–Kier alpha value is -1.17. The van der Waals surface area contributed by atoms with Gasteiger partial charge in [0.05, 0.1) is 5.56 Å². The van der Waals surface area contributed by atoms with Crippen LogP contribution in [0, 0.1) is 0 Å². The highest BCUT2D eigenvalue weighted by molar-refractivity contribution is 7.12. The van der Waals surface area contributed by atoms with E-state index in [1.54, 1.807) is 21.8 Å². The van der Waals surface area contributed by atoms with E-state index < -0.39 is 0 Å². The number of carbonyl (C=O) groups excluding carboxylic acids is 1. The van der Waals surface area contributed by atoms with Gasteiger partial charge in [-0.15, -0.1) is 22.7 Å². The third-order valence-corrected chi connectivity index (χ3v) is 6.01. The fourth-order valence-corrected chi connectivity index (χ4v) is 4.80. The summed E-state index contributed by atoms with van der Waals surface area (Å²) in [5.74, 6) is -0.348. The van der Waals surface area contributed by atoms with Crippen LogP contribution in [0.4, 0.5) is 0 Å². The number of hydrogen-bond acceptors (Lipinski definition) is 4. The van der Waals surface area contributed by atoms with Crippen molar-refractivity contribution in [2.45, 2.75) is 45.2 Å². The van der Waals surface area contributed by atoms with Crippen molar-refractivity contribution in [3.63, 3.8) is 0 Å². The van der Waals surface area contributed by atoms with Crippen molar-refractivity contribution >= 4 is 28.6 Å². The lowest BCUT2D eigenvalue weighted by molar-refractivity contribution is 0.100. The minimum Gasteiger partial charge on any atom is -0.366 e. The van der Waals surface area contributed by atoms with Crippen LogP contribution in [0.3, 0.4) is 0 Å².